The first kappa shape index (κ1) is 18.8. The van der Waals surface area contributed by atoms with Gasteiger partial charge in [-0.1, -0.05) is 70.5 Å². The lowest BCUT2D eigenvalue weighted by Crippen LogP contribution is -2.12. The van der Waals surface area contributed by atoms with Crippen LogP contribution in [-0.4, -0.2) is 28.4 Å². The van der Waals surface area contributed by atoms with E-state index >= 15 is 0 Å². The van der Waals surface area contributed by atoms with Crippen molar-refractivity contribution in [3.8, 4) is 0 Å². The SMILES string of the molecule is O=C(C(SCCCCBr)=C1C(=O)c2ccccc2C1=O)c1ccccc1. The highest BCUT2D eigenvalue weighted by molar-refractivity contribution is 9.09. The molecule has 0 heterocycles. The van der Waals surface area contributed by atoms with E-state index in [1.165, 1.54) is 11.8 Å². The molecule has 0 amide bonds. The van der Waals surface area contributed by atoms with Gasteiger partial charge in [0.2, 0.25) is 0 Å². The average Bonchev–Trinajstić information content (AvgIpc) is 2.93. The molecular weight excluding hydrogens is 412 g/mol. The third kappa shape index (κ3) is 3.74. The van der Waals surface area contributed by atoms with Crippen molar-refractivity contribution >= 4 is 45.0 Å². The number of halogens is 1. The molecule has 0 aromatic heterocycles. The molecule has 0 atom stereocenters. The van der Waals surface area contributed by atoms with Gasteiger partial charge in [0.1, 0.15) is 0 Å². The van der Waals surface area contributed by atoms with Crippen molar-refractivity contribution in [1.82, 2.24) is 0 Å². The maximum atomic E-state index is 13.0. The first-order chi connectivity index (χ1) is 12.6. The molecule has 0 radical (unpaired) electrons. The summed E-state index contributed by atoms with van der Waals surface area (Å²) in [5.74, 6) is -0.283. The molecule has 132 valence electrons. The summed E-state index contributed by atoms with van der Waals surface area (Å²) in [6, 6.07) is 15.5. The molecular formula is C21H17BrO3S. The Hall–Kier alpha value is -1.98. The van der Waals surface area contributed by atoms with Crippen LogP contribution in [0.1, 0.15) is 43.9 Å². The number of hydrogen-bond acceptors (Lipinski definition) is 4. The Labute approximate surface area is 165 Å². The molecule has 0 fully saturated rings. The van der Waals surface area contributed by atoms with Crippen molar-refractivity contribution in [2.45, 2.75) is 12.8 Å². The number of allylic oxidation sites excluding steroid dienone is 2. The molecule has 2 aromatic carbocycles. The zero-order valence-corrected chi connectivity index (χ0v) is 16.4. The molecule has 3 nitrogen and oxygen atoms in total. The molecule has 2 aromatic rings. The monoisotopic (exact) mass is 428 g/mol. The number of Topliss-reactive ketones (excluding diaryl/α,β-unsaturated/α-hetero) is 3. The van der Waals surface area contributed by atoms with Crippen LogP contribution in [0.2, 0.25) is 0 Å². The summed E-state index contributed by atoms with van der Waals surface area (Å²) in [5.41, 5.74) is 1.27. The quantitative estimate of drug-likeness (QED) is 0.202. The Balaban J connectivity index is 2.03. The molecule has 0 saturated heterocycles. The lowest BCUT2D eigenvalue weighted by Gasteiger charge is -2.09. The molecule has 26 heavy (non-hydrogen) atoms. The number of carbonyl (C=O) groups is 3. The van der Waals surface area contributed by atoms with Crippen LogP contribution in [0, 0.1) is 0 Å². The summed E-state index contributed by atoms with van der Waals surface area (Å²) >= 11 is 4.70. The van der Waals surface area contributed by atoms with E-state index in [2.05, 4.69) is 15.9 Å². The van der Waals surface area contributed by atoms with Crippen molar-refractivity contribution in [3.63, 3.8) is 0 Å². The number of thioether (sulfide) groups is 1. The van der Waals surface area contributed by atoms with Crippen LogP contribution in [0.25, 0.3) is 0 Å². The van der Waals surface area contributed by atoms with Crippen LogP contribution in [-0.2, 0) is 0 Å². The van der Waals surface area contributed by atoms with Crippen LogP contribution < -0.4 is 0 Å². The van der Waals surface area contributed by atoms with Gasteiger partial charge in [0.25, 0.3) is 0 Å². The Morgan fingerprint density at radius 3 is 2.00 bits per heavy atom. The standard InChI is InChI=1S/C21H17BrO3S/c22-12-6-7-13-26-21(18(23)14-8-2-1-3-9-14)17-19(24)15-10-4-5-11-16(15)20(17)25/h1-5,8-11H,6-7,12-13H2. The maximum Gasteiger partial charge on any atom is 0.200 e. The summed E-state index contributed by atoms with van der Waals surface area (Å²) in [5, 5.41) is 0.884. The molecule has 0 aliphatic heterocycles. The number of ketones is 3. The Kier molecular flexibility index (Phi) is 6.22. The van der Waals surface area contributed by atoms with E-state index < -0.39 is 0 Å². The number of benzene rings is 2. The van der Waals surface area contributed by atoms with E-state index in [0.29, 0.717) is 22.4 Å². The fourth-order valence-corrected chi connectivity index (χ4v) is 4.33. The molecule has 3 rings (SSSR count). The van der Waals surface area contributed by atoms with E-state index in [1.807, 2.05) is 6.07 Å². The van der Waals surface area contributed by atoms with Gasteiger partial charge >= 0.3 is 0 Å². The highest BCUT2D eigenvalue weighted by atomic mass is 79.9. The first-order valence-electron chi connectivity index (χ1n) is 8.36. The van der Waals surface area contributed by atoms with Crippen molar-refractivity contribution in [1.29, 1.82) is 0 Å². The molecule has 5 heteroatoms. The van der Waals surface area contributed by atoms with E-state index in [4.69, 9.17) is 0 Å². The predicted molar refractivity (Wildman–Crippen MR) is 108 cm³/mol. The predicted octanol–water partition coefficient (Wildman–Crippen LogP) is 5.11. The van der Waals surface area contributed by atoms with Crippen molar-refractivity contribution in [2.75, 3.05) is 11.1 Å². The fraction of sp³-hybridized carbons (Fsp3) is 0.190. The summed E-state index contributed by atoms with van der Waals surface area (Å²) in [6.45, 7) is 0. The van der Waals surface area contributed by atoms with Gasteiger partial charge in [0, 0.05) is 22.0 Å². The van der Waals surface area contributed by atoms with Gasteiger partial charge in [-0.25, -0.2) is 0 Å². The zero-order valence-electron chi connectivity index (χ0n) is 14.0. The summed E-state index contributed by atoms with van der Waals surface area (Å²) in [7, 11) is 0. The fourth-order valence-electron chi connectivity index (χ4n) is 2.80. The lowest BCUT2D eigenvalue weighted by molar-refractivity contribution is 0.0969. The van der Waals surface area contributed by atoms with Crippen molar-refractivity contribution in [2.24, 2.45) is 0 Å². The van der Waals surface area contributed by atoms with Crippen LogP contribution in [0.15, 0.2) is 65.1 Å². The molecule has 0 saturated carbocycles. The topological polar surface area (TPSA) is 51.2 Å². The second-order valence-electron chi connectivity index (χ2n) is 5.85. The number of rotatable bonds is 7. The summed E-state index contributed by atoms with van der Waals surface area (Å²) < 4.78 is 0. The smallest absolute Gasteiger partial charge is 0.200 e. The van der Waals surface area contributed by atoms with E-state index in [0.717, 1.165) is 18.2 Å². The minimum absolute atomic E-state index is 0.0175. The van der Waals surface area contributed by atoms with Crippen LogP contribution in [0.4, 0.5) is 0 Å². The van der Waals surface area contributed by atoms with Gasteiger partial charge in [0.15, 0.2) is 17.3 Å². The van der Waals surface area contributed by atoms with Gasteiger partial charge in [-0.3, -0.25) is 14.4 Å². The number of unbranched alkanes of at least 4 members (excludes halogenated alkanes) is 1. The normalized spacial score (nSPS) is 13.0. The molecule has 0 N–H and O–H groups in total. The number of hydrogen-bond donors (Lipinski definition) is 0. The van der Waals surface area contributed by atoms with Gasteiger partial charge in [-0.15, -0.1) is 11.8 Å². The number of fused-ring (bicyclic) bond motifs is 1. The molecule has 1 aliphatic rings. The number of alkyl halides is 1. The van der Waals surface area contributed by atoms with E-state index in [1.54, 1.807) is 48.5 Å². The highest BCUT2D eigenvalue weighted by Gasteiger charge is 2.37. The van der Waals surface area contributed by atoms with Crippen LogP contribution >= 0.6 is 27.7 Å². The molecule has 1 aliphatic carbocycles. The number of carbonyl (C=O) groups excluding carboxylic acids is 3. The summed E-state index contributed by atoms with van der Waals surface area (Å²) in [6.07, 6.45) is 1.86. The van der Waals surface area contributed by atoms with Crippen LogP contribution in [0.5, 0.6) is 0 Å². The summed E-state index contributed by atoms with van der Waals surface area (Å²) in [4.78, 5) is 38.9. The molecule has 0 spiro atoms. The van der Waals surface area contributed by atoms with Gasteiger partial charge in [-0.05, 0) is 18.6 Å². The largest absolute Gasteiger partial charge is 0.288 e. The van der Waals surface area contributed by atoms with Crippen molar-refractivity contribution in [3.05, 3.63) is 81.8 Å². The minimum atomic E-state index is -0.349. The third-order valence-corrected chi connectivity index (χ3v) is 5.85. The Morgan fingerprint density at radius 1 is 0.846 bits per heavy atom. The molecule has 0 bridgehead atoms. The zero-order chi connectivity index (χ0) is 18.5. The van der Waals surface area contributed by atoms with Crippen LogP contribution in [0.3, 0.4) is 0 Å². The van der Waals surface area contributed by atoms with Gasteiger partial charge < -0.3 is 0 Å². The Bertz CT molecular complexity index is 850. The highest BCUT2D eigenvalue weighted by Crippen LogP contribution is 2.34. The third-order valence-electron chi connectivity index (χ3n) is 4.11. The second kappa shape index (κ2) is 8.60. The van der Waals surface area contributed by atoms with Gasteiger partial charge in [-0.2, -0.15) is 0 Å². The van der Waals surface area contributed by atoms with E-state index in [-0.39, 0.29) is 27.8 Å². The van der Waals surface area contributed by atoms with Crippen molar-refractivity contribution < 1.29 is 14.4 Å². The molecule has 0 unspecified atom stereocenters. The lowest BCUT2D eigenvalue weighted by atomic mass is 10.0. The average molecular weight is 429 g/mol. The maximum absolute atomic E-state index is 13.0. The second-order valence-corrected chi connectivity index (χ2v) is 7.75. The minimum Gasteiger partial charge on any atom is -0.288 e. The Morgan fingerprint density at radius 2 is 1.42 bits per heavy atom. The first-order valence-corrected chi connectivity index (χ1v) is 10.5. The van der Waals surface area contributed by atoms with Gasteiger partial charge in [0.05, 0.1) is 10.5 Å². The van der Waals surface area contributed by atoms with E-state index in [9.17, 15) is 14.4 Å².